The van der Waals surface area contributed by atoms with Crippen LogP contribution in [0.2, 0.25) is 10.0 Å². The lowest BCUT2D eigenvalue weighted by atomic mass is 9.99. The molecule has 1 unspecified atom stereocenters. The van der Waals surface area contributed by atoms with Crippen LogP contribution in [0, 0.1) is 5.92 Å². The van der Waals surface area contributed by atoms with Gasteiger partial charge in [0.05, 0.1) is 38.7 Å². The molecule has 2 aromatic heterocycles. The van der Waals surface area contributed by atoms with Gasteiger partial charge in [-0.1, -0.05) is 29.3 Å². The summed E-state index contributed by atoms with van der Waals surface area (Å²) in [5, 5.41) is 18.0. The summed E-state index contributed by atoms with van der Waals surface area (Å²) in [5.74, 6) is 0.940. The Bertz CT molecular complexity index is 1530. The second-order valence-corrected chi connectivity index (χ2v) is 11.1. The number of pyridine rings is 2. The summed E-state index contributed by atoms with van der Waals surface area (Å²) in [7, 11) is 2.00. The van der Waals surface area contributed by atoms with Crippen molar-refractivity contribution in [3.05, 3.63) is 70.5 Å². The molecular formula is C30H29Cl2N5O2. The Morgan fingerprint density at radius 1 is 1.00 bits per heavy atom. The van der Waals surface area contributed by atoms with E-state index in [1.165, 1.54) is 6.42 Å². The van der Waals surface area contributed by atoms with Crippen molar-refractivity contribution < 1.29 is 9.90 Å². The van der Waals surface area contributed by atoms with E-state index < -0.39 is 0 Å². The molecule has 0 bridgehead atoms. The molecule has 1 saturated heterocycles. The summed E-state index contributed by atoms with van der Waals surface area (Å²) in [6, 6.07) is 13.6. The third kappa shape index (κ3) is 5.26. The van der Waals surface area contributed by atoms with Crippen LogP contribution in [0.5, 0.6) is 5.75 Å². The van der Waals surface area contributed by atoms with Gasteiger partial charge in [0, 0.05) is 36.6 Å². The minimum Gasteiger partial charge on any atom is -0.505 e. The Balaban J connectivity index is 1.39. The quantitative estimate of drug-likeness (QED) is 0.213. The van der Waals surface area contributed by atoms with E-state index in [0.29, 0.717) is 17.3 Å². The van der Waals surface area contributed by atoms with Crippen LogP contribution in [0.25, 0.3) is 22.0 Å². The molecule has 7 nitrogen and oxygen atoms in total. The van der Waals surface area contributed by atoms with Gasteiger partial charge >= 0.3 is 0 Å². The first-order valence-electron chi connectivity index (χ1n) is 13.2. The van der Waals surface area contributed by atoms with E-state index >= 15 is 0 Å². The SMILES string of the molecule is CNC1CCCN(c2ccc(Nc3c(C(=O)C4CC4)cnc4ccc(-c5cc(Cl)c(O)c(Cl)c5)cc34)cn2)C1. The van der Waals surface area contributed by atoms with Gasteiger partial charge in [0.2, 0.25) is 0 Å². The van der Waals surface area contributed by atoms with E-state index in [9.17, 15) is 9.90 Å². The summed E-state index contributed by atoms with van der Waals surface area (Å²) in [6.07, 6.45) is 7.60. The number of phenols is 1. The first-order chi connectivity index (χ1) is 18.9. The molecule has 39 heavy (non-hydrogen) atoms. The van der Waals surface area contributed by atoms with Crippen molar-refractivity contribution in [3.63, 3.8) is 0 Å². The number of ketones is 1. The van der Waals surface area contributed by atoms with Gasteiger partial charge in [0.15, 0.2) is 11.5 Å². The lowest BCUT2D eigenvalue weighted by molar-refractivity contribution is 0.0968. The molecule has 1 atom stereocenters. The second-order valence-electron chi connectivity index (χ2n) is 10.3. The average Bonchev–Trinajstić information content (AvgIpc) is 3.81. The van der Waals surface area contributed by atoms with Crippen molar-refractivity contribution in [2.24, 2.45) is 5.92 Å². The molecule has 2 aromatic carbocycles. The molecule has 2 aliphatic rings. The number of anilines is 3. The van der Waals surface area contributed by atoms with E-state index in [-0.39, 0.29) is 27.5 Å². The van der Waals surface area contributed by atoms with E-state index in [2.05, 4.69) is 20.5 Å². The monoisotopic (exact) mass is 561 g/mol. The van der Waals surface area contributed by atoms with Crippen LogP contribution in [0.4, 0.5) is 17.2 Å². The maximum atomic E-state index is 13.3. The zero-order chi connectivity index (χ0) is 27.1. The number of hydrogen-bond donors (Lipinski definition) is 3. The largest absolute Gasteiger partial charge is 0.505 e. The lowest BCUT2D eigenvalue weighted by Crippen LogP contribution is -2.44. The minimum atomic E-state index is -0.147. The number of phenolic OH excluding ortho intramolecular Hbond substituents is 1. The van der Waals surface area contributed by atoms with Crippen LogP contribution in [-0.4, -0.2) is 47.0 Å². The zero-order valence-corrected chi connectivity index (χ0v) is 23.1. The maximum Gasteiger partial charge on any atom is 0.169 e. The van der Waals surface area contributed by atoms with Crippen LogP contribution in [0.15, 0.2) is 54.9 Å². The number of hydrogen-bond acceptors (Lipinski definition) is 7. The third-order valence-electron chi connectivity index (χ3n) is 7.60. The number of aromatic hydroxyl groups is 1. The Morgan fingerprint density at radius 2 is 1.79 bits per heavy atom. The van der Waals surface area contributed by atoms with Crippen molar-refractivity contribution >= 4 is 57.1 Å². The summed E-state index contributed by atoms with van der Waals surface area (Å²) < 4.78 is 0. The smallest absolute Gasteiger partial charge is 0.169 e. The number of halogens is 2. The summed E-state index contributed by atoms with van der Waals surface area (Å²) >= 11 is 12.4. The fourth-order valence-electron chi connectivity index (χ4n) is 5.20. The van der Waals surface area contributed by atoms with Crippen molar-refractivity contribution in [1.82, 2.24) is 15.3 Å². The van der Waals surface area contributed by atoms with Crippen molar-refractivity contribution in [1.29, 1.82) is 0 Å². The van der Waals surface area contributed by atoms with Crippen LogP contribution in [0.1, 0.15) is 36.0 Å². The Hall–Kier alpha value is -3.39. The van der Waals surface area contributed by atoms with Crippen molar-refractivity contribution in [2.45, 2.75) is 31.7 Å². The van der Waals surface area contributed by atoms with Crippen LogP contribution < -0.4 is 15.5 Å². The predicted octanol–water partition coefficient (Wildman–Crippen LogP) is 6.83. The lowest BCUT2D eigenvalue weighted by Gasteiger charge is -2.33. The number of likely N-dealkylation sites (N-methyl/N-ethyl adjacent to an activating group) is 1. The number of carbonyl (C=O) groups excluding carboxylic acids is 1. The topological polar surface area (TPSA) is 90.4 Å². The van der Waals surface area contributed by atoms with Gasteiger partial charge < -0.3 is 20.6 Å². The molecular weight excluding hydrogens is 533 g/mol. The molecule has 6 rings (SSSR count). The van der Waals surface area contributed by atoms with Crippen LogP contribution in [0.3, 0.4) is 0 Å². The van der Waals surface area contributed by atoms with Gasteiger partial charge in [-0.05, 0) is 80.3 Å². The molecule has 2 fully saturated rings. The molecule has 1 saturated carbocycles. The fraction of sp³-hybridized carbons (Fsp3) is 0.300. The average molecular weight is 563 g/mol. The Kier molecular flexibility index (Phi) is 7.06. The normalized spacial score (nSPS) is 17.4. The van der Waals surface area contributed by atoms with E-state index in [0.717, 1.165) is 65.9 Å². The number of Topliss-reactive ketones (excluding diaryl/α,β-unsaturated/α-hetero) is 1. The number of nitrogens with one attached hydrogen (secondary N) is 2. The van der Waals surface area contributed by atoms with Gasteiger partial charge in [0.25, 0.3) is 0 Å². The molecule has 1 aliphatic carbocycles. The highest BCUT2D eigenvalue weighted by Crippen LogP contribution is 2.40. The number of piperidine rings is 1. The summed E-state index contributed by atoms with van der Waals surface area (Å²) in [6.45, 7) is 1.92. The number of benzene rings is 2. The Labute approximate surface area is 237 Å². The number of rotatable bonds is 7. The van der Waals surface area contributed by atoms with Crippen molar-refractivity contribution in [2.75, 3.05) is 30.4 Å². The third-order valence-corrected chi connectivity index (χ3v) is 8.18. The first-order valence-corrected chi connectivity index (χ1v) is 14.0. The summed E-state index contributed by atoms with van der Waals surface area (Å²) in [5.41, 5.74) is 4.41. The first kappa shape index (κ1) is 25.9. The van der Waals surface area contributed by atoms with Gasteiger partial charge in [-0.2, -0.15) is 0 Å². The molecule has 0 spiro atoms. The Morgan fingerprint density at radius 3 is 2.49 bits per heavy atom. The molecule has 3 N–H and O–H groups in total. The highest BCUT2D eigenvalue weighted by atomic mass is 35.5. The zero-order valence-electron chi connectivity index (χ0n) is 21.5. The molecule has 0 amide bonds. The van der Waals surface area contributed by atoms with Crippen LogP contribution >= 0.6 is 23.2 Å². The molecule has 9 heteroatoms. The van der Waals surface area contributed by atoms with Gasteiger partial charge in [-0.3, -0.25) is 9.78 Å². The molecule has 0 radical (unpaired) electrons. The highest BCUT2D eigenvalue weighted by molar-refractivity contribution is 6.37. The van der Waals surface area contributed by atoms with Gasteiger partial charge in [0.1, 0.15) is 5.82 Å². The molecule has 3 heterocycles. The number of aromatic nitrogens is 2. The fourth-order valence-corrected chi connectivity index (χ4v) is 5.69. The standard InChI is InChI=1S/C30H29Cl2N5O2/c1-33-21-3-2-10-37(16-21)27-9-7-20(14-35-27)36-28-22-11-18(19-12-24(31)30(39)25(32)13-19)6-8-26(22)34-15-23(28)29(38)17-4-5-17/h6-9,11-15,17,21,33,39H,2-5,10,16H2,1H3,(H,34,36). The minimum absolute atomic E-state index is 0.0439. The molecule has 4 aromatic rings. The van der Waals surface area contributed by atoms with Crippen LogP contribution in [-0.2, 0) is 0 Å². The van der Waals surface area contributed by atoms with E-state index in [4.69, 9.17) is 28.2 Å². The van der Waals surface area contributed by atoms with E-state index in [1.54, 1.807) is 18.3 Å². The maximum absolute atomic E-state index is 13.3. The van der Waals surface area contributed by atoms with Gasteiger partial charge in [-0.15, -0.1) is 0 Å². The second kappa shape index (κ2) is 10.6. The number of nitrogens with zero attached hydrogens (tertiary/aromatic N) is 3. The van der Waals surface area contributed by atoms with E-state index in [1.807, 2.05) is 43.6 Å². The predicted molar refractivity (Wildman–Crippen MR) is 158 cm³/mol. The molecule has 1 aliphatic heterocycles. The summed E-state index contributed by atoms with van der Waals surface area (Å²) in [4.78, 5) is 24.9. The number of fused-ring (bicyclic) bond motifs is 1. The highest BCUT2D eigenvalue weighted by Gasteiger charge is 2.32. The molecule has 200 valence electrons. The van der Waals surface area contributed by atoms with Crippen molar-refractivity contribution in [3.8, 4) is 16.9 Å². The number of carbonyl (C=O) groups is 1. The van der Waals surface area contributed by atoms with Gasteiger partial charge in [-0.25, -0.2) is 4.98 Å².